The van der Waals surface area contributed by atoms with E-state index in [-0.39, 0.29) is 0 Å². The molecular formula is C10H21ClO2S. The topological polar surface area (TPSA) is 34.1 Å². The molecule has 0 aliphatic carbocycles. The van der Waals surface area contributed by atoms with Gasteiger partial charge in [-0.2, -0.15) is 0 Å². The van der Waals surface area contributed by atoms with Gasteiger partial charge in [0, 0.05) is 5.88 Å². The van der Waals surface area contributed by atoms with Crippen molar-refractivity contribution >= 4 is 21.4 Å². The van der Waals surface area contributed by atoms with Crippen LogP contribution in [0.5, 0.6) is 0 Å². The summed E-state index contributed by atoms with van der Waals surface area (Å²) >= 11 is 5.50. The van der Waals surface area contributed by atoms with Crippen LogP contribution in [0.4, 0.5) is 0 Å². The number of unbranched alkanes of at least 4 members (excludes halogenated alkanes) is 2. The van der Waals surface area contributed by atoms with Gasteiger partial charge in [-0.1, -0.05) is 20.3 Å². The summed E-state index contributed by atoms with van der Waals surface area (Å²) in [6, 6.07) is 0. The van der Waals surface area contributed by atoms with Crippen molar-refractivity contribution in [1.82, 2.24) is 0 Å². The molecule has 0 N–H and O–H groups in total. The lowest BCUT2D eigenvalue weighted by Gasteiger charge is -2.05. The summed E-state index contributed by atoms with van der Waals surface area (Å²) in [4.78, 5) is 0. The van der Waals surface area contributed by atoms with Crippen molar-refractivity contribution in [3.05, 3.63) is 0 Å². The zero-order valence-corrected chi connectivity index (χ0v) is 10.7. The molecule has 0 heterocycles. The van der Waals surface area contributed by atoms with Crippen LogP contribution in [0.15, 0.2) is 0 Å². The minimum absolute atomic E-state index is 0.330. The smallest absolute Gasteiger partial charge is 0.150 e. The first-order valence-corrected chi connectivity index (χ1v) is 7.60. The van der Waals surface area contributed by atoms with Gasteiger partial charge in [0.1, 0.15) is 9.84 Å². The molecule has 0 radical (unpaired) electrons. The molecule has 0 aromatic heterocycles. The summed E-state index contributed by atoms with van der Waals surface area (Å²) in [5, 5.41) is 0. The molecule has 0 bridgehead atoms. The van der Waals surface area contributed by atoms with Crippen LogP contribution in [0.2, 0.25) is 0 Å². The van der Waals surface area contributed by atoms with Gasteiger partial charge in [0.15, 0.2) is 0 Å². The number of rotatable bonds is 8. The summed E-state index contributed by atoms with van der Waals surface area (Å²) < 4.78 is 22.9. The molecule has 0 aromatic rings. The normalized spacial score (nSPS) is 12.3. The van der Waals surface area contributed by atoms with E-state index < -0.39 is 9.84 Å². The van der Waals surface area contributed by atoms with Crippen LogP contribution in [-0.4, -0.2) is 25.8 Å². The van der Waals surface area contributed by atoms with Crippen LogP contribution < -0.4 is 0 Å². The molecule has 0 saturated heterocycles. The molecule has 0 rings (SSSR count). The molecule has 0 atom stereocenters. The minimum atomic E-state index is -2.80. The number of alkyl halides is 1. The average molecular weight is 241 g/mol. The van der Waals surface area contributed by atoms with E-state index in [2.05, 4.69) is 0 Å². The van der Waals surface area contributed by atoms with Crippen LogP contribution >= 0.6 is 11.6 Å². The second kappa shape index (κ2) is 7.52. The van der Waals surface area contributed by atoms with Crippen molar-refractivity contribution in [1.29, 1.82) is 0 Å². The SMILES string of the molecule is CC(C)CCS(=O)(=O)CCCCCCl. The summed E-state index contributed by atoms with van der Waals surface area (Å²) in [6.45, 7) is 4.09. The van der Waals surface area contributed by atoms with Crippen molar-refractivity contribution in [3.8, 4) is 0 Å². The molecule has 2 nitrogen and oxygen atoms in total. The molecule has 86 valence electrons. The van der Waals surface area contributed by atoms with Gasteiger partial charge in [0.05, 0.1) is 11.5 Å². The second-order valence-electron chi connectivity index (χ2n) is 4.08. The maximum Gasteiger partial charge on any atom is 0.150 e. The molecule has 14 heavy (non-hydrogen) atoms. The monoisotopic (exact) mass is 240 g/mol. The largest absolute Gasteiger partial charge is 0.229 e. The third-order valence-corrected chi connectivity index (χ3v) is 4.13. The van der Waals surface area contributed by atoms with Gasteiger partial charge in [-0.3, -0.25) is 0 Å². The van der Waals surface area contributed by atoms with E-state index in [1.165, 1.54) is 0 Å². The molecule has 0 amide bonds. The van der Waals surface area contributed by atoms with Crippen LogP contribution in [0, 0.1) is 5.92 Å². The Labute approximate surface area is 93.0 Å². The summed E-state index contributed by atoms with van der Waals surface area (Å²) in [5.41, 5.74) is 0. The van der Waals surface area contributed by atoms with E-state index in [9.17, 15) is 8.42 Å². The number of hydrogen-bond donors (Lipinski definition) is 0. The Balaban J connectivity index is 3.62. The molecule has 0 aliphatic heterocycles. The van der Waals surface area contributed by atoms with Crippen molar-refractivity contribution in [2.24, 2.45) is 5.92 Å². The minimum Gasteiger partial charge on any atom is -0.229 e. The van der Waals surface area contributed by atoms with Crippen LogP contribution in [-0.2, 0) is 9.84 Å². The highest BCUT2D eigenvalue weighted by molar-refractivity contribution is 7.91. The highest BCUT2D eigenvalue weighted by Crippen LogP contribution is 2.06. The Morgan fingerprint density at radius 1 is 1.07 bits per heavy atom. The Bertz CT molecular complexity index is 222. The van der Waals surface area contributed by atoms with E-state index in [1.807, 2.05) is 13.8 Å². The van der Waals surface area contributed by atoms with Gasteiger partial charge < -0.3 is 0 Å². The molecule has 0 aromatic carbocycles. The predicted octanol–water partition coefficient (Wildman–Crippen LogP) is 2.86. The standard InChI is InChI=1S/C10H21ClO2S/c1-10(2)6-9-14(12,13)8-5-3-4-7-11/h10H,3-9H2,1-2H3. The van der Waals surface area contributed by atoms with E-state index in [0.29, 0.717) is 23.3 Å². The Morgan fingerprint density at radius 2 is 1.71 bits per heavy atom. The van der Waals surface area contributed by atoms with Gasteiger partial charge in [-0.25, -0.2) is 8.42 Å². The van der Waals surface area contributed by atoms with E-state index >= 15 is 0 Å². The van der Waals surface area contributed by atoms with Gasteiger partial charge in [-0.15, -0.1) is 11.6 Å². The first-order valence-electron chi connectivity index (χ1n) is 5.24. The van der Waals surface area contributed by atoms with Crippen LogP contribution in [0.3, 0.4) is 0 Å². The highest BCUT2D eigenvalue weighted by atomic mass is 35.5. The fourth-order valence-corrected chi connectivity index (χ4v) is 2.98. The van der Waals surface area contributed by atoms with E-state index in [0.717, 1.165) is 25.7 Å². The van der Waals surface area contributed by atoms with Gasteiger partial charge in [-0.05, 0) is 25.2 Å². The van der Waals surface area contributed by atoms with Gasteiger partial charge in [0.2, 0.25) is 0 Å². The highest BCUT2D eigenvalue weighted by Gasteiger charge is 2.10. The average Bonchev–Trinajstić information content (AvgIpc) is 2.10. The number of sulfone groups is 1. The summed E-state index contributed by atoms with van der Waals surface area (Å²) in [7, 11) is -2.80. The molecule has 0 aliphatic rings. The van der Waals surface area contributed by atoms with E-state index in [1.54, 1.807) is 0 Å². The lowest BCUT2D eigenvalue weighted by atomic mass is 10.2. The van der Waals surface area contributed by atoms with Gasteiger partial charge in [0.25, 0.3) is 0 Å². The number of hydrogen-bond acceptors (Lipinski definition) is 2. The maximum absolute atomic E-state index is 11.5. The Hall–Kier alpha value is 0.240. The van der Waals surface area contributed by atoms with Gasteiger partial charge >= 0.3 is 0 Å². The molecule has 0 fully saturated rings. The molecule has 0 spiro atoms. The molecule has 0 unspecified atom stereocenters. The van der Waals surface area contributed by atoms with Crippen molar-refractivity contribution in [3.63, 3.8) is 0 Å². The Kier molecular flexibility index (Phi) is 7.65. The summed E-state index contributed by atoms with van der Waals surface area (Å²) in [6.07, 6.45) is 3.37. The third-order valence-electron chi connectivity index (χ3n) is 2.10. The van der Waals surface area contributed by atoms with Crippen molar-refractivity contribution in [2.45, 2.75) is 39.5 Å². The summed E-state index contributed by atoms with van der Waals surface area (Å²) in [5.74, 6) is 1.77. The Morgan fingerprint density at radius 3 is 2.21 bits per heavy atom. The van der Waals surface area contributed by atoms with E-state index in [4.69, 9.17) is 11.6 Å². The zero-order valence-electron chi connectivity index (χ0n) is 9.13. The third kappa shape index (κ3) is 8.82. The molecular weight excluding hydrogens is 220 g/mol. The first kappa shape index (κ1) is 14.2. The van der Waals surface area contributed by atoms with Crippen LogP contribution in [0.1, 0.15) is 39.5 Å². The lowest BCUT2D eigenvalue weighted by Crippen LogP contribution is -2.12. The van der Waals surface area contributed by atoms with Crippen molar-refractivity contribution in [2.75, 3.05) is 17.4 Å². The van der Waals surface area contributed by atoms with Crippen LogP contribution in [0.25, 0.3) is 0 Å². The molecule has 0 saturated carbocycles. The first-order chi connectivity index (χ1) is 6.48. The predicted molar refractivity (Wildman–Crippen MR) is 62.7 cm³/mol. The zero-order chi connectivity index (χ0) is 11.0. The number of halogens is 1. The second-order valence-corrected chi connectivity index (χ2v) is 6.77. The lowest BCUT2D eigenvalue weighted by molar-refractivity contribution is 0.570. The fraction of sp³-hybridized carbons (Fsp3) is 1.00. The molecule has 4 heteroatoms. The quantitative estimate of drug-likeness (QED) is 0.483. The fourth-order valence-electron chi connectivity index (χ4n) is 1.11. The maximum atomic E-state index is 11.5. The van der Waals surface area contributed by atoms with Crippen molar-refractivity contribution < 1.29 is 8.42 Å².